The van der Waals surface area contributed by atoms with Crippen molar-refractivity contribution < 1.29 is 18.0 Å². The van der Waals surface area contributed by atoms with Crippen molar-refractivity contribution in [2.75, 3.05) is 23.3 Å². The first-order valence-electron chi connectivity index (χ1n) is 8.63. The molecule has 1 N–H and O–H groups in total. The van der Waals surface area contributed by atoms with E-state index in [4.69, 9.17) is 0 Å². The number of nitrogens with one attached hydrogen (secondary N) is 1. The molecular weight excluding hydrogens is 343 g/mol. The quantitative estimate of drug-likeness (QED) is 0.857. The molecular formula is C19H20F3N3O. The number of hydrogen-bond donors (Lipinski definition) is 1. The largest absolute Gasteiger partial charge is 0.416 e. The summed E-state index contributed by atoms with van der Waals surface area (Å²) in [6.07, 6.45) is 1.92. The molecule has 1 fully saturated rings. The standard InChI is InChI=1S/C19H20F3N3O/c20-19(21,22)15-7-5-14(6-8-15)18(26)24-16-9-10-17(23-13-16)25-11-3-1-2-4-12-25/h5-10,13H,1-4,11-12H2,(H,24,26). The fourth-order valence-corrected chi connectivity index (χ4v) is 2.96. The summed E-state index contributed by atoms with van der Waals surface area (Å²) in [5.41, 5.74) is -0.111. The Labute approximate surface area is 150 Å². The number of amides is 1. The van der Waals surface area contributed by atoms with Gasteiger partial charge < -0.3 is 10.2 Å². The number of alkyl halides is 3. The van der Waals surface area contributed by atoms with Crippen LogP contribution in [0.2, 0.25) is 0 Å². The fraction of sp³-hybridized carbons (Fsp3) is 0.368. The van der Waals surface area contributed by atoms with Gasteiger partial charge in [-0.2, -0.15) is 13.2 Å². The molecule has 1 aromatic carbocycles. The van der Waals surface area contributed by atoms with Crippen LogP contribution in [0.1, 0.15) is 41.6 Å². The van der Waals surface area contributed by atoms with Gasteiger partial charge in [0, 0.05) is 18.7 Å². The normalized spacial score (nSPS) is 15.4. The number of hydrogen-bond acceptors (Lipinski definition) is 3. The van der Waals surface area contributed by atoms with Crippen LogP contribution in [0, 0.1) is 0 Å². The molecule has 2 aromatic rings. The monoisotopic (exact) mass is 363 g/mol. The molecule has 0 spiro atoms. The molecule has 1 aliphatic rings. The van der Waals surface area contributed by atoms with Gasteiger partial charge in [0.1, 0.15) is 5.82 Å². The molecule has 4 nitrogen and oxygen atoms in total. The average molecular weight is 363 g/mol. The third kappa shape index (κ3) is 4.53. The lowest BCUT2D eigenvalue weighted by Gasteiger charge is -2.21. The molecule has 0 aliphatic carbocycles. The molecule has 1 saturated heterocycles. The zero-order chi connectivity index (χ0) is 18.6. The molecule has 0 radical (unpaired) electrons. The van der Waals surface area contributed by atoms with E-state index in [0.717, 1.165) is 56.0 Å². The van der Waals surface area contributed by atoms with Gasteiger partial charge in [-0.05, 0) is 49.2 Å². The van der Waals surface area contributed by atoms with Crippen LogP contribution in [0.4, 0.5) is 24.7 Å². The topological polar surface area (TPSA) is 45.2 Å². The van der Waals surface area contributed by atoms with E-state index in [9.17, 15) is 18.0 Å². The van der Waals surface area contributed by atoms with Crippen LogP contribution in [0.25, 0.3) is 0 Å². The summed E-state index contributed by atoms with van der Waals surface area (Å²) in [5.74, 6) is 0.405. The van der Waals surface area contributed by atoms with E-state index in [-0.39, 0.29) is 5.56 Å². The summed E-state index contributed by atoms with van der Waals surface area (Å²) in [6.45, 7) is 1.95. The van der Waals surface area contributed by atoms with E-state index in [1.807, 2.05) is 6.07 Å². The highest BCUT2D eigenvalue weighted by molar-refractivity contribution is 6.04. The van der Waals surface area contributed by atoms with Gasteiger partial charge in [-0.15, -0.1) is 0 Å². The molecule has 138 valence electrons. The van der Waals surface area contributed by atoms with Gasteiger partial charge in [-0.25, -0.2) is 4.98 Å². The van der Waals surface area contributed by atoms with Gasteiger partial charge in [0.2, 0.25) is 0 Å². The lowest BCUT2D eigenvalue weighted by atomic mass is 10.1. The SMILES string of the molecule is O=C(Nc1ccc(N2CCCCCC2)nc1)c1ccc(C(F)(F)F)cc1. The lowest BCUT2D eigenvalue weighted by Crippen LogP contribution is -2.24. The second-order valence-electron chi connectivity index (χ2n) is 6.34. The lowest BCUT2D eigenvalue weighted by molar-refractivity contribution is -0.137. The van der Waals surface area contributed by atoms with Crippen molar-refractivity contribution in [2.24, 2.45) is 0 Å². The van der Waals surface area contributed by atoms with Crippen LogP contribution in [-0.4, -0.2) is 24.0 Å². The van der Waals surface area contributed by atoms with Crippen molar-refractivity contribution in [3.05, 3.63) is 53.7 Å². The molecule has 0 bridgehead atoms. The zero-order valence-electron chi connectivity index (χ0n) is 14.2. The Morgan fingerprint density at radius 2 is 1.62 bits per heavy atom. The number of halogens is 3. The summed E-state index contributed by atoms with van der Waals surface area (Å²) in [5, 5.41) is 2.66. The smallest absolute Gasteiger partial charge is 0.357 e. The summed E-state index contributed by atoms with van der Waals surface area (Å²) in [4.78, 5) is 18.8. The summed E-state index contributed by atoms with van der Waals surface area (Å²) in [6, 6.07) is 7.74. The van der Waals surface area contributed by atoms with Gasteiger partial charge in [0.25, 0.3) is 5.91 Å². The first-order chi connectivity index (χ1) is 12.4. The van der Waals surface area contributed by atoms with Crippen molar-refractivity contribution in [1.82, 2.24) is 4.98 Å². The van der Waals surface area contributed by atoms with Crippen molar-refractivity contribution in [1.29, 1.82) is 0 Å². The first kappa shape index (κ1) is 18.2. The predicted octanol–water partition coefficient (Wildman–Crippen LogP) is 4.73. The molecule has 2 heterocycles. The van der Waals surface area contributed by atoms with E-state index in [1.54, 1.807) is 12.3 Å². The first-order valence-corrected chi connectivity index (χ1v) is 8.63. The van der Waals surface area contributed by atoms with Gasteiger partial charge in [-0.1, -0.05) is 12.8 Å². The Morgan fingerprint density at radius 3 is 2.15 bits per heavy atom. The molecule has 0 atom stereocenters. The van der Waals surface area contributed by atoms with Crippen molar-refractivity contribution in [2.45, 2.75) is 31.9 Å². The van der Waals surface area contributed by atoms with E-state index >= 15 is 0 Å². The highest BCUT2D eigenvalue weighted by Crippen LogP contribution is 2.29. The Hall–Kier alpha value is -2.57. The third-order valence-electron chi connectivity index (χ3n) is 4.41. The molecule has 3 rings (SSSR count). The highest BCUT2D eigenvalue weighted by Gasteiger charge is 2.30. The predicted molar refractivity (Wildman–Crippen MR) is 94.3 cm³/mol. The molecule has 1 aliphatic heterocycles. The van der Waals surface area contributed by atoms with Crippen LogP contribution in [0.15, 0.2) is 42.6 Å². The van der Waals surface area contributed by atoms with Crippen molar-refractivity contribution in [3.63, 3.8) is 0 Å². The van der Waals surface area contributed by atoms with E-state index in [2.05, 4.69) is 15.2 Å². The maximum Gasteiger partial charge on any atom is 0.416 e. The third-order valence-corrected chi connectivity index (χ3v) is 4.41. The molecule has 26 heavy (non-hydrogen) atoms. The zero-order valence-corrected chi connectivity index (χ0v) is 14.2. The van der Waals surface area contributed by atoms with Gasteiger partial charge in [0.15, 0.2) is 0 Å². The maximum atomic E-state index is 12.6. The van der Waals surface area contributed by atoms with Crippen LogP contribution >= 0.6 is 0 Å². The van der Waals surface area contributed by atoms with Gasteiger partial charge in [0.05, 0.1) is 17.4 Å². The molecule has 7 heteroatoms. The number of carbonyl (C=O) groups is 1. The number of benzene rings is 1. The minimum absolute atomic E-state index is 0.162. The van der Waals surface area contributed by atoms with Crippen molar-refractivity contribution >= 4 is 17.4 Å². The Morgan fingerprint density at radius 1 is 0.962 bits per heavy atom. The Kier molecular flexibility index (Phi) is 5.44. The van der Waals surface area contributed by atoms with Crippen LogP contribution in [0.3, 0.4) is 0 Å². The summed E-state index contributed by atoms with van der Waals surface area (Å²) < 4.78 is 37.7. The number of rotatable bonds is 3. The second kappa shape index (κ2) is 7.76. The summed E-state index contributed by atoms with van der Waals surface area (Å²) >= 11 is 0. The van der Waals surface area contributed by atoms with E-state index in [0.29, 0.717) is 5.69 Å². The van der Waals surface area contributed by atoms with Crippen LogP contribution in [-0.2, 0) is 6.18 Å². The number of pyridine rings is 1. The Bertz CT molecular complexity index is 734. The molecule has 0 saturated carbocycles. The average Bonchev–Trinajstić information content (AvgIpc) is 2.91. The molecule has 1 amide bonds. The van der Waals surface area contributed by atoms with E-state index in [1.165, 1.54) is 12.8 Å². The number of anilines is 2. The molecule has 1 aromatic heterocycles. The highest BCUT2D eigenvalue weighted by atomic mass is 19.4. The second-order valence-corrected chi connectivity index (χ2v) is 6.34. The van der Waals surface area contributed by atoms with Gasteiger partial charge in [-0.3, -0.25) is 4.79 Å². The fourth-order valence-electron chi connectivity index (χ4n) is 2.96. The van der Waals surface area contributed by atoms with E-state index < -0.39 is 17.6 Å². The number of nitrogens with zero attached hydrogens (tertiary/aromatic N) is 2. The minimum Gasteiger partial charge on any atom is -0.357 e. The van der Waals surface area contributed by atoms with Crippen molar-refractivity contribution in [3.8, 4) is 0 Å². The van der Waals surface area contributed by atoms with Gasteiger partial charge >= 0.3 is 6.18 Å². The Balaban J connectivity index is 1.64. The van der Waals surface area contributed by atoms with Crippen LogP contribution in [0.5, 0.6) is 0 Å². The van der Waals surface area contributed by atoms with Crippen LogP contribution < -0.4 is 10.2 Å². The molecule has 0 unspecified atom stereocenters. The summed E-state index contributed by atoms with van der Waals surface area (Å²) in [7, 11) is 0. The number of carbonyl (C=O) groups excluding carboxylic acids is 1. The number of aromatic nitrogens is 1. The minimum atomic E-state index is -4.41. The maximum absolute atomic E-state index is 12.6.